The Morgan fingerprint density at radius 2 is 0.957 bits per heavy atom. The molecular formula is C20H40Cl2O. The molecule has 0 aliphatic carbocycles. The van der Waals surface area contributed by atoms with Gasteiger partial charge in [0, 0.05) is 10.8 Å². The highest BCUT2D eigenvalue weighted by atomic mass is 35.5. The van der Waals surface area contributed by atoms with Gasteiger partial charge in [-0.05, 0) is 65.2 Å². The van der Waals surface area contributed by atoms with Gasteiger partial charge in [0.25, 0.3) is 0 Å². The van der Waals surface area contributed by atoms with Gasteiger partial charge in [0.05, 0.1) is 12.2 Å². The van der Waals surface area contributed by atoms with Gasteiger partial charge in [0.2, 0.25) is 0 Å². The fraction of sp³-hybridized carbons (Fsp3) is 1.00. The third-order valence-electron chi connectivity index (χ3n) is 4.40. The number of hydrogen-bond donors (Lipinski definition) is 0. The van der Waals surface area contributed by atoms with E-state index in [1.54, 1.807) is 0 Å². The van der Waals surface area contributed by atoms with Gasteiger partial charge in [-0.2, -0.15) is 0 Å². The highest BCUT2D eigenvalue weighted by molar-refractivity contribution is 6.20. The Morgan fingerprint density at radius 1 is 0.609 bits per heavy atom. The van der Waals surface area contributed by atoms with E-state index < -0.39 is 0 Å². The minimum Gasteiger partial charge on any atom is -0.375 e. The van der Waals surface area contributed by atoms with E-state index in [1.165, 1.54) is 51.4 Å². The molecule has 23 heavy (non-hydrogen) atoms. The number of hydrogen-bond acceptors (Lipinski definition) is 1. The van der Waals surface area contributed by atoms with E-state index in [2.05, 4.69) is 27.7 Å². The first-order chi connectivity index (χ1) is 11.0. The maximum atomic E-state index is 6.53. The molecule has 0 N–H and O–H groups in total. The molecule has 3 heteroatoms. The molecule has 0 saturated carbocycles. The Balaban J connectivity index is 4.35. The molecule has 0 aromatic heterocycles. The number of halogens is 2. The van der Waals surface area contributed by atoms with Gasteiger partial charge in [0.15, 0.2) is 0 Å². The second-order valence-corrected chi connectivity index (χ2v) is 8.58. The number of alkyl halides is 2. The summed E-state index contributed by atoms with van der Waals surface area (Å²) in [5, 5.41) is 0.561. The van der Waals surface area contributed by atoms with Crippen LogP contribution in [0.5, 0.6) is 0 Å². The van der Waals surface area contributed by atoms with Gasteiger partial charge in [-0.15, -0.1) is 23.2 Å². The van der Waals surface area contributed by atoms with Crippen LogP contribution >= 0.6 is 23.2 Å². The van der Waals surface area contributed by atoms with Crippen molar-refractivity contribution in [3.63, 3.8) is 0 Å². The van der Waals surface area contributed by atoms with E-state index >= 15 is 0 Å². The van der Waals surface area contributed by atoms with Crippen LogP contribution in [-0.4, -0.2) is 23.0 Å². The summed E-state index contributed by atoms with van der Waals surface area (Å²) in [6, 6.07) is 0. The van der Waals surface area contributed by atoms with E-state index in [4.69, 9.17) is 27.9 Å². The molecule has 0 rings (SSSR count). The van der Waals surface area contributed by atoms with Crippen molar-refractivity contribution >= 4 is 23.2 Å². The van der Waals surface area contributed by atoms with E-state index in [0.29, 0.717) is 12.2 Å². The van der Waals surface area contributed by atoms with Crippen molar-refractivity contribution in [2.75, 3.05) is 0 Å². The standard InChI is InChI=1S/C20H40Cl2O/c1-5-7-13-19(15-9-11-17(3)21)23-20(14-8-6-2)16-10-12-18(4)22/h17-20H,5-16H2,1-4H3. The Kier molecular flexibility index (Phi) is 16.4. The minimum atomic E-state index is 0.280. The third-order valence-corrected chi connectivity index (χ3v) is 4.84. The van der Waals surface area contributed by atoms with Gasteiger partial charge in [-0.1, -0.05) is 39.5 Å². The molecule has 0 aromatic carbocycles. The molecule has 4 atom stereocenters. The second-order valence-electron chi connectivity index (χ2n) is 7.09. The maximum absolute atomic E-state index is 6.53. The summed E-state index contributed by atoms with van der Waals surface area (Å²) in [4.78, 5) is 0. The quantitative estimate of drug-likeness (QED) is 0.254. The molecule has 4 unspecified atom stereocenters. The van der Waals surface area contributed by atoms with Crippen molar-refractivity contribution in [1.82, 2.24) is 0 Å². The van der Waals surface area contributed by atoms with E-state index in [1.807, 2.05) is 0 Å². The van der Waals surface area contributed by atoms with Crippen LogP contribution in [0.2, 0.25) is 0 Å². The van der Waals surface area contributed by atoms with Gasteiger partial charge in [0.1, 0.15) is 0 Å². The Bertz CT molecular complexity index is 220. The number of ether oxygens (including phenoxy) is 1. The molecule has 0 fully saturated rings. The van der Waals surface area contributed by atoms with Crippen molar-refractivity contribution in [3.05, 3.63) is 0 Å². The molecule has 0 aromatic rings. The van der Waals surface area contributed by atoms with Crippen molar-refractivity contribution in [2.24, 2.45) is 0 Å². The fourth-order valence-corrected chi connectivity index (χ4v) is 3.26. The van der Waals surface area contributed by atoms with Crippen molar-refractivity contribution < 1.29 is 4.74 Å². The first-order valence-electron chi connectivity index (χ1n) is 9.93. The van der Waals surface area contributed by atoms with Crippen molar-refractivity contribution in [3.8, 4) is 0 Å². The van der Waals surface area contributed by atoms with Crippen LogP contribution in [0.25, 0.3) is 0 Å². The molecule has 0 saturated heterocycles. The average Bonchev–Trinajstić information content (AvgIpc) is 2.48. The van der Waals surface area contributed by atoms with E-state index in [0.717, 1.165) is 25.7 Å². The number of unbranched alkanes of at least 4 members (excludes halogenated alkanes) is 2. The van der Waals surface area contributed by atoms with E-state index in [-0.39, 0.29) is 10.8 Å². The smallest absolute Gasteiger partial charge is 0.0578 e. The largest absolute Gasteiger partial charge is 0.375 e. The van der Waals surface area contributed by atoms with Crippen molar-refractivity contribution in [2.45, 2.75) is 128 Å². The molecule has 0 bridgehead atoms. The third kappa shape index (κ3) is 15.8. The summed E-state index contributed by atoms with van der Waals surface area (Å²) in [6.45, 7) is 8.68. The van der Waals surface area contributed by atoms with Crippen LogP contribution < -0.4 is 0 Å². The lowest BCUT2D eigenvalue weighted by Crippen LogP contribution is -2.23. The van der Waals surface area contributed by atoms with Crippen LogP contribution in [0, 0.1) is 0 Å². The van der Waals surface area contributed by atoms with Gasteiger partial charge < -0.3 is 4.74 Å². The summed E-state index contributed by atoms with van der Waals surface area (Å²) >= 11 is 12.2. The summed E-state index contributed by atoms with van der Waals surface area (Å²) < 4.78 is 6.53. The summed E-state index contributed by atoms with van der Waals surface area (Å²) in [7, 11) is 0. The van der Waals surface area contributed by atoms with Crippen LogP contribution in [-0.2, 0) is 4.74 Å². The first-order valence-corrected chi connectivity index (χ1v) is 10.8. The van der Waals surface area contributed by atoms with Crippen LogP contribution in [0.15, 0.2) is 0 Å². The lowest BCUT2D eigenvalue weighted by molar-refractivity contribution is -0.0319. The minimum absolute atomic E-state index is 0.280. The predicted octanol–water partition coefficient (Wildman–Crippen LogP) is 7.72. The average molecular weight is 367 g/mol. The monoisotopic (exact) mass is 366 g/mol. The van der Waals surface area contributed by atoms with Crippen molar-refractivity contribution in [1.29, 1.82) is 0 Å². The summed E-state index contributed by atoms with van der Waals surface area (Å²) in [5.41, 5.74) is 0. The molecule has 0 aliphatic rings. The van der Waals surface area contributed by atoms with Crippen LogP contribution in [0.3, 0.4) is 0 Å². The SMILES string of the molecule is CCCCC(CCCC(C)Cl)OC(CCCC)CCCC(C)Cl. The molecule has 140 valence electrons. The summed E-state index contributed by atoms with van der Waals surface area (Å²) in [6.07, 6.45) is 15.1. The maximum Gasteiger partial charge on any atom is 0.0578 e. The Hall–Kier alpha value is 0.540. The highest BCUT2D eigenvalue weighted by Gasteiger charge is 2.17. The zero-order valence-corrected chi connectivity index (χ0v) is 17.5. The molecule has 1 nitrogen and oxygen atoms in total. The predicted molar refractivity (Wildman–Crippen MR) is 106 cm³/mol. The molecule has 0 spiro atoms. The zero-order chi connectivity index (χ0) is 17.5. The Labute approximate surface area is 155 Å². The Morgan fingerprint density at radius 3 is 1.26 bits per heavy atom. The van der Waals surface area contributed by atoms with Crippen LogP contribution in [0.1, 0.15) is 105 Å². The number of rotatable bonds is 16. The fourth-order valence-electron chi connectivity index (χ4n) is 2.95. The molecular weight excluding hydrogens is 327 g/mol. The molecule has 0 amide bonds. The van der Waals surface area contributed by atoms with Gasteiger partial charge >= 0.3 is 0 Å². The first kappa shape index (κ1) is 23.5. The van der Waals surface area contributed by atoms with E-state index in [9.17, 15) is 0 Å². The molecule has 0 heterocycles. The summed E-state index contributed by atoms with van der Waals surface area (Å²) in [5.74, 6) is 0. The highest BCUT2D eigenvalue weighted by Crippen LogP contribution is 2.22. The molecule has 0 aliphatic heterocycles. The lowest BCUT2D eigenvalue weighted by atomic mass is 10.0. The zero-order valence-electron chi connectivity index (χ0n) is 16.0. The van der Waals surface area contributed by atoms with Gasteiger partial charge in [-0.25, -0.2) is 0 Å². The topological polar surface area (TPSA) is 9.23 Å². The van der Waals surface area contributed by atoms with Gasteiger partial charge in [-0.3, -0.25) is 0 Å². The van der Waals surface area contributed by atoms with Crippen LogP contribution in [0.4, 0.5) is 0 Å². The molecule has 0 radical (unpaired) electrons. The second kappa shape index (κ2) is 16.0. The normalized spacial score (nSPS) is 17.0. The lowest BCUT2D eigenvalue weighted by Gasteiger charge is -2.26.